The monoisotopic (exact) mass is 565 g/mol. The van der Waals surface area contributed by atoms with E-state index in [1.165, 1.54) is 12.8 Å². The van der Waals surface area contributed by atoms with Crippen LogP contribution in [0.15, 0.2) is 72.8 Å². The summed E-state index contributed by atoms with van der Waals surface area (Å²) in [6, 6.07) is 23.6. The van der Waals surface area contributed by atoms with Crippen LogP contribution in [-0.2, 0) is 23.4 Å². The van der Waals surface area contributed by atoms with Gasteiger partial charge >= 0.3 is 0 Å². The average Bonchev–Trinajstić information content (AvgIpc) is 3.20. The summed E-state index contributed by atoms with van der Waals surface area (Å²) in [7, 11) is 3.25. The Morgan fingerprint density at radius 2 is 1.62 bits per heavy atom. The van der Waals surface area contributed by atoms with Crippen molar-refractivity contribution in [2.75, 3.05) is 14.2 Å². The second kappa shape index (κ2) is 11.6. The highest BCUT2D eigenvalue weighted by Crippen LogP contribution is 2.44. The number of aromatic nitrogens is 1. The molecule has 218 valence electrons. The number of aryl methyl sites for hydroxylation is 1. The van der Waals surface area contributed by atoms with Crippen molar-refractivity contribution in [3.05, 3.63) is 95.2 Å². The molecule has 2 amide bonds. The standard InChI is InChI=1S/C35H39N3O4/c1-24-12-11-13-25(20-24)22-38-33(39)29-21-28-30(41-2)18-19-31(42-3)32(28)37(29)23-35(38,26-14-7-6-8-15-26)34(40)36-27-16-9-4-5-10-17-27/h6-8,11-15,18-21,27H,4-5,9-10,16-17,22-23H2,1-3H3,(H,36,40). The van der Waals surface area contributed by atoms with Gasteiger partial charge in [0.25, 0.3) is 11.8 Å². The number of hydrogen-bond donors (Lipinski definition) is 1. The molecular formula is C35H39N3O4. The van der Waals surface area contributed by atoms with Gasteiger partial charge in [-0.25, -0.2) is 0 Å². The molecule has 2 heterocycles. The van der Waals surface area contributed by atoms with Gasteiger partial charge in [-0.05, 0) is 49.1 Å². The summed E-state index contributed by atoms with van der Waals surface area (Å²) in [5.41, 5.74) is 2.83. The molecule has 1 atom stereocenters. The Kier molecular flexibility index (Phi) is 7.67. The average molecular weight is 566 g/mol. The van der Waals surface area contributed by atoms with E-state index in [0.29, 0.717) is 23.7 Å². The fourth-order valence-electron chi connectivity index (χ4n) is 6.85. The lowest BCUT2D eigenvalue weighted by Gasteiger charge is -2.47. The molecule has 0 saturated heterocycles. The van der Waals surface area contributed by atoms with E-state index in [1.54, 1.807) is 19.1 Å². The number of nitrogens with zero attached hydrogens (tertiary/aromatic N) is 2. The molecule has 1 aliphatic carbocycles. The number of hydrogen-bond acceptors (Lipinski definition) is 4. The lowest BCUT2D eigenvalue weighted by Crippen LogP contribution is -2.63. The van der Waals surface area contributed by atoms with Crippen molar-refractivity contribution in [2.24, 2.45) is 0 Å². The van der Waals surface area contributed by atoms with E-state index in [2.05, 4.69) is 11.4 Å². The highest BCUT2D eigenvalue weighted by atomic mass is 16.5. The Morgan fingerprint density at radius 1 is 0.905 bits per heavy atom. The van der Waals surface area contributed by atoms with Crippen LogP contribution in [0.4, 0.5) is 0 Å². The Balaban J connectivity index is 1.58. The van der Waals surface area contributed by atoms with Crippen LogP contribution in [-0.4, -0.2) is 41.5 Å². The Morgan fingerprint density at radius 3 is 2.31 bits per heavy atom. The smallest absolute Gasteiger partial charge is 0.272 e. The van der Waals surface area contributed by atoms with E-state index < -0.39 is 5.54 Å². The van der Waals surface area contributed by atoms with Crippen LogP contribution < -0.4 is 14.8 Å². The molecule has 0 spiro atoms. The number of carbonyl (C=O) groups excluding carboxylic acids is 2. The molecule has 1 fully saturated rings. The van der Waals surface area contributed by atoms with Crippen molar-refractivity contribution in [1.29, 1.82) is 0 Å². The minimum Gasteiger partial charge on any atom is -0.496 e. The van der Waals surface area contributed by atoms with Crippen LogP contribution in [0.1, 0.15) is 65.7 Å². The van der Waals surface area contributed by atoms with Crippen molar-refractivity contribution in [3.8, 4) is 11.5 Å². The third-order valence-electron chi connectivity index (χ3n) is 8.97. The van der Waals surface area contributed by atoms with E-state index in [0.717, 1.165) is 53.3 Å². The number of methoxy groups -OCH3 is 2. The van der Waals surface area contributed by atoms with Gasteiger partial charge < -0.3 is 24.3 Å². The number of amides is 2. The summed E-state index contributed by atoms with van der Waals surface area (Å²) >= 11 is 0. The topological polar surface area (TPSA) is 72.8 Å². The summed E-state index contributed by atoms with van der Waals surface area (Å²) in [6.07, 6.45) is 6.47. The van der Waals surface area contributed by atoms with Crippen LogP contribution in [0.5, 0.6) is 11.5 Å². The molecule has 1 unspecified atom stereocenters. The second-order valence-corrected chi connectivity index (χ2v) is 11.6. The van der Waals surface area contributed by atoms with Crippen LogP contribution >= 0.6 is 0 Å². The molecule has 7 heteroatoms. The van der Waals surface area contributed by atoms with Crippen LogP contribution in [0, 0.1) is 6.92 Å². The van der Waals surface area contributed by atoms with Crippen molar-refractivity contribution < 1.29 is 19.1 Å². The Labute approximate surface area is 247 Å². The first kappa shape index (κ1) is 27.9. The van der Waals surface area contributed by atoms with Crippen molar-refractivity contribution in [1.82, 2.24) is 14.8 Å². The number of ether oxygens (including phenoxy) is 2. The first-order chi connectivity index (χ1) is 20.5. The third-order valence-corrected chi connectivity index (χ3v) is 8.97. The maximum atomic E-state index is 14.9. The van der Waals surface area contributed by atoms with Gasteiger partial charge in [-0.3, -0.25) is 9.59 Å². The minimum atomic E-state index is -1.29. The molecular weight excluding hydrogens is 526 g/mol. The Bertz CT molecular complexity index is 1600. The molecule has 3 aromatic carbocycles. The van der Waals surface area contributed by atoms with Gasteiger partial charge in [0.15, 0.2) is 5.54 Å². The molecule has 1 saturated carbocycles. The number of carbonyl (C=O) groups is 2. The molecule has 7 nitrogen and oxygen atoms in total. The number of benzene rings is 3. The van der Waals surface area contributed by atoms with Gasteiger partial charge in [0, 0.05) is 18.0 Å². The zero-order valence-corrected chi connectivity index (χ0v) is 24.7. The molecule has 2 aliphatic rings. The number of nitrogens with one attached hydrogen (secondary N) is 1. The number of rotatable bonds is 7. The van der Waals surface area contributed by atoms with E-state index in [-0.39, 0.29) is 24.4 Å². The summed E-state index contributed by atoms with van der Waals surface area (Å²) in [5.74, 6) is 0.931. The highest BCUT2D eigenvalue weighted by Gasteiger charge is 2.53. The molecule has 0 bridgehead atoms. The van der Waals surface area contributed by atoms with Crippen LogP contribution in [0.3, 0.4) is 0 Å². The number of fused-ring (bicyclic) bond motifs is 3. The fourth-order valence-corrected chi connectivity index (χ4v) is 6.85. The molecule has 42 heavy (non-hydrogen) atoms. The SMILES string of the molecule is COc1ccc(OC)c2c1cc1n2CC(C(=O)NC2CCCCCC2)(c2ccccc2)N(Cc2cccc(C)c2)C1=O. The summed E-state index contributed by atoms with van der Waals surface area (Å²) in [6.45, 7) is 2.58. The summed E-state index contributed by atoms with van der Waals surface area (Å²) in [5, 5.41) is 4.22. The van der Waals surface area contributed by atoms with E-state index in [1.807, 2.05) is 78.2 Å². The molecule has 0 radical (unpaired) electrons. The maximum absolute atomic E-state index is 14.9. The van der Waals surface area contributed by atoms with Gasteiger partial charge in [0.2, 0.25) is 0 Å². The summed E-state index contributed by atoms with van der Waals surface area (Å²) in [4.78, 5) is 31.4. The van der Waals surface area contributed by atoms with Crippen molar-refractivity contribution >= 4 is 22.7 Å². The quantitative estimate of drug-likeness (QED) is 0.265. The van der Waals surface area contributed by atoms with E-state index >= 15 is 0 Å². The van der Waals surface area contributed by atoms with Gasteiger partial charge in [-0.2, -0.15) is 0 Å². The van der Waals surface area contributed by atoms with E-state index in [9.17, 15) is 9.59 Å². The maximum Gasteiger partial charge on any atom is 0.272 e. The zero-order chi connectivity index (χ0) is 29.3. The second-order valence-electron chi connectivity index (χ2n) is 11.6. The first-order valence-corrected chi connectivity index (χ1v) is 14.9. The lowest BCUT2D eigenvalue weighted by atomic mass is 9.83. The molecule has 1 aliphatic heterocycles. The molecule has 1 aromatic heterocycles. The van der Waals surface area contributed by atoms with Gasteiger partial charge in [0.1, 0.15) is 17.2 Å². The largest absolute Gasteiger partial charge is 0.496 e. The molecule has 4 aromatic rings. The molecule has 6 rings (SSSR count). The fraction of sp³-hybridized carbons (Fsp3) is 0.371. The predicted molar refractivity (Wildman–Crippen MR) is 164 cm³/mol. The normalized spacial score (nSPS) is 19.3. The summed E-state index contributed by atoms with van der Waals surface area (Å²) < 4.78 is 13.5. The third kappa shape index (κ3) is 4.81. The van der Waals surface area contributed by atoms with Gasteiger partial charge in [-0.15, -0.1) is 0 Å². The van der Waals surface area contributed by atoms with Crippen LogP contribution in [0.2, 0.25) is 0 Å². The van der Waals surface area contributed by atoms with Gasteiger partial charge in [-0.1, -0.05) is 85.8 Å². The predicted octanol–water partition coefficient (Wildman–Crippen LogP) is 6.36. The molecule has 1 N–H and O–H groups in total. The van der Waals surface area contributed by atoms with Crippen molar-refractivity contribution in [3.63, 3.8) is 0 Å². The Hall–Kier alpha value is -4.26. The minimum absolute atomic E-state index is 0.0777. The van der Waals surface area contributed by atoms with Gasteiger partial charge in [0.05, 0.1) is 26.3 Å². The first-order valence-electron chi connectivity index (χ1n) is 14.9. The van der Waals surface area contributed by atoms with E-state index in [4.69, 9.17) is 9.47 Å². The van der Waals surface area contributed by atoms with Crippen molar-refractivity contribution in [2.45, 2.75) is 70.1 Å². The van der Waals surface area contributed by atoms with Crippen LogP contribution in [0.25, 0.3) is 10.9 Å². The highest BCUT2D eigenvalue weighted by molar-refractivity contribution is 6.06. The lowest BCUT2D eigenvalue weighted by molar-refractivity contribution is -0.136. The zero-order valence-electron chi connectivity index (χ0n) is 24.7.